The summed E-state index contributed by atoms with van der Waals surface area (Å²) in [5.41, 5.74) is 1.21. The van der Waals surface area contributed by atoms with Crippen molar-refractivity contribution < 1.29 is 18.8 Å². The minimum absolute atomic E-state index is 0.178. The monoisotopic (exact) mass is 286 g/mol. The summed E-state index contributed by atoms with van der Waals surface area (Å²) in [7, 11) is 3.01. The highest BCUT2D eigenvalue weighted by Gasteiger charge is 2.14. The molecule has 21 heavy (non-hydrogen) atoms. The molecule has 6 heteroatoms. The molecule has 0 spiro atoms. The molecule has 0 saturated carbocycles. The molecular weight excluding hydrogens is 272 g/mol. The van der Waals surface area contributed by atoms with Gasteiger partial charge in [0.15, 0.2) is 12.0 Å². The first kappa shape index (κ1) is 14.5. The molecule has 2 aromatic rings. The van der Waals surface area contributed by atoms with Crippen molar-refractivity contribution in [3.63, 3.8) is 0 Å². The summed E-state index contributed by atoms with van der Waals surface area (Å²) in [6.45, 7) is 0. The second-order valence-corrected chi connectivity index (χ2v) is 4.28. The molecule has 1 aromatic heterocycles. The normalized spacial score (nSPS) is 10.0. The number of carbonyl (C=O) groups is 3. The first-order valence-electron chi connectivity index (χ1n) is 6.23. The number of hydrogen-bond acceptors (Lipinski definition) is 4. The van der Waals surface area contributed by atoms with Crippen molar-refractivity contribution in [2.24, 2.45) is 0 Å². The van der Waals surface area contributed by atoms with E-state index in [0.29, 0.717) is 28.7 Å². The fourth-order valence-corrected chi connectivity index (χ4v) is 1.89. The maximum absolute atomic E-state index is 11.8. The molecule has 1 aromatic carbocycles. The Morgan fingerprint density at radius 1 is 1.00 bits per heavy atom. The van der Waals surface area contributed by atoms with Crippen LogP contribution >= 0.6 is 0 Å². The molecule has 108 valence electrons. The summed E-state index contributed by atoms with van der Waals surface area (Å²) < 4.78 is 5.32. The van der Waals surface area contributed by atoms with Crippen molar-refractivity contribution in [1.29, 1.82) is 0 Å². The van der Waals surface area contributed by atoms with Gasteiger partial charge in [-0.25, -0.2) is 0 Å². The van der Waals surface area contributed by atoms with Crippen LogP contribution in [0, 0.1) is 0 Å². The SMILES string of the molecule is CNC(=O)c1cc(C(=O)NC)cc(-c2ccc(C=O)o2)c1. The van der Waals surface area contributed by atoms with Crippen molar-refractivity contribution >= 4 is 18.1 Å². The number of furan rings is 1. The highest BCUT2D eigenvalue weighted by atomic mass is 16.3. The highest BCUT2D eigenvalue weighted by Crippen LogP contribution is 2.24. The van der Waals surface area contributed by atoms with Gasteiger partial charge in [0, 0.05) is 30.8 Å². The number of hydrogen-bond donors (Lipinski definition) is 2. The Morgan fingerprint density at radius 2 is 1.57 bits per heavy atom. The van der Waals surface area contributed by atoms with Crippen molar-refractivity contribution in [2.75, 3.05) is 14.1 Å². The maximum atomic E-state index is 11.8. The lowest BCUT2D eigenvalue weighted by Gasteiger charge is -2.07. The molecule has 0 aliphatic rings. The first-order valence-corrected chi connectivity index (χ1v) is 6.23. The van der Waals surface area contributed by atoms with E-state index in [1.165, 1.54) is 26.2 Å². The van der Waals surface area contributed by atoms with Crippen molar-refractivity contribution in [3.8, 4) is 11.3 Å². The van der Waals surface area contributed by atoms with Gasteiger partial charge >= 0.3 is 0 Å². The molecular formula is C15H14N2O4. The average Bonchev–Trinajstić information content (AvgIpc) is 3.01. The molecule has 0 fully saturated rings. The molecule has 2 N–H and O–H groups in total. The zero-order chi connectivity index (χ0) is 15.4. The van der Waals surface area contributed by atoms with Crippen LogP contribution < -0.4 is 10.6 Å². The Hall–Kier alpha value is -2.89. The van der Waals surface area contributed by atoms with Gasteiger partial charge in [-0.05, 0) is 30.3 Å². The lowest BCUT2D eigenvalue weighted by molar-refractivity contribution is 0.0962. The lowest BCUT2D eigenvalue weighted by atomic mass is 10.0. The fraction of sp³-hybridized carbons (Fsp3) is 0.133. The number of benzene rings is 1. The zero-order valence-electron chi connectivity index (χ0n) is 11.6. The van der Waals surface area contributed by atoms with E-state index < -0.39 is 0 Å². The second-order valence-electron chi connectivity index (χ2n) is 4.28. The van der Waals surface area contributed by atoms with Crippen molar-refractivity contribution in [1.82, 2.24) is 10.6 Å². The third-order valence-electron chi connectivity index (χ3n) is 2.94. The van der Waals surface area contributed by atoms with E-state index in [0.717, 1.165) is 0 Å². The van der Waals surface area contributed by atoms with Gasteiger partial charge in [-0.15, -0.1) is 0 Å². The van der Waals surface area contributed by atoms with Gasteiger partial charge in [0.05, 0.1) is 0 Å². The van der Waals surface area contributed by atoms with Crippen molar-refractivity contribution in [3.05, 3.63) is 47.2 Å². The van der Waals surface area contributed by atoms with Crippen LogP contribution in [0.15, 0.2) is 34.7 Å². The van der Waals surface area contributed by atoms with E-state index in [9.17, 15) is 14.4 Å². The van der Waals surface area contributed by atoms with Gasteiger partial charge in [-0.3, -0.25) is 14.4 Å². The van der Waals surface area contributed by atoms with Crippen LogP contribution in [0.25, 0.3) is 11.3 Å². The molecule has 0 atom stereocenters. The topological polar surface area (TPSA) is 88.4 Å². The summed E-state index contributed by atoms with van der Waals surface area (Å²) in [4.78, 5) is 34.3. The van der Waals surface area contributed by atoms with Crippen LogP contribution in [0.4, 0.5) is 0 Å². The lowest BCUT2D eigenvalue weighted by Crippen LogP contribution is -2.21. The number of carbonyl (C=O) groups excluding carboxylic acids is 3. The van der Waals surface area contributed by atoms with Crippen LogP contribution in [0.5, 0.6) is 0 Å². The summed E-state index contributed by atoms with van der Waals surface area (Å²) in [5, 5.41) is 5.01. The quantitative estimate of drug-likeness (QED) is 0.833. The van der Waals surface area contributed by atoms with Gasteiger partial charge in [0.1, 0.15) is 5.76 Å². The van der Waals surface area contributed by atoms with Gasteiger partial charge in [-0.2, -0.15) is 0 Å². The Kier molecular flexibility index (Phi) is 4.18. The van der Waals surface area contributed by atoms with Gasteiger partial charge in [0.2, 0.25) is 0 Å². The van der Waals surface area contributed by atoms with Crippen molar-refractivity contribution in [2.45, 2.75) is 0 Å². The van der Waals surface area contributed by atoms with Crippen LogP contribution in [0.1, 0.15) is 31.3 Å². The van der Waals surface area contributed by atoms with E-state index in [4.69, 9.17) is 4.42 Å². The van der Waals surface area contributed by atoms with Crippen LogP contribution in [-0.4, -0.2) is 32.2 Å². The molecule has 6 nitrogen and oxygen atoms in total. The van der Waals surface area contributed by atoms with Crippen LogP contribution in [-0.2, 0) is 0 Å². The molecule has 0 radical (unpaired) electrons. The number of aldehydes is 1. The third kappa shape index (κ3) is 3.00. The molecule has 0 aliphatic carbocycles. The number of nitrogens with one attached hydrogen (secondary N) is 2. The molecule has 0 saturated heterocycles. The van der Waals surface area contributed by atoms with Gasteiger partial charge in [-0.1, -0.05) is 0 Å². The Labute approximate surface area is 121 Å². The van der Waals surface area contributed by atoms with E-state index in [1.54, 1.807) is 18.2 Å². The standard InChI is InChI=1S/C15H14N2O4/c1-16-14(19)10-5-9(6-11(7-10)15(20)17-2)13-4-3-12(8-18)21-13/h3-8H,1-2H3,(H,16,19)(H,17,20). The third-order valence-corrected chi connectivity index (χ3v) is 2.94. The minimum Gasteiger partial charge on any atom is -0.453 e. The summed E-state index contributed by atoms with van der Waals surface area (Å²) in [6.07, 6.45) is 0.589. The second kappa shape index (κ2) is 6.04. The molecule has 2 amide bonds. The van der Waals surface area contributed by atoms with Gasteiger partial charge < -0.3 is 15.1 Å². The number of amides is 2. The molecule has 0 aliphatic heterocycles. The molecule has 0 bridgehead atoms. The number of rotatable bonds is 4. The highest BCUT2D eigenvalue weighted by molar-refractivity contribution is 6.01. The van der Waals surface area contributed by atoms with E-state index in [1.807, 2.05) is 0 Å². The molecule has 2 rings (SSSR count). The maximum Gasteiger partial charge on any atom is 0.251 e. The van der Waals surface area contributed by atoms with E-state index in [2.05, 4.69) is 10.6 Å². The van der Waals surface area contributed by atoms with Crippen LogP contribution in [0.2, 0.25) is 0 Å². The summed E-state index contributed by atoms with van der Waals surface area (Å²) in [6, 6.07) is 7.82. The first-order chi connectivity index (χ1) is 10.1. The molecule has 0 unspecified atom stereocenters. The zero-order valence-corrected chi connectivity index (χ0v) is 11.6. The van der Waals surface area contributed by atoms with Gasteiger partial charge in [0.25, 0.3) is 11.8 Å². The van der Waals surface area contributed by atoms with E-state index in [-0.39, 0.29) is 17.6 Å². The largest absolute Gasteiger partial charge is 0.453 e. The predicted molar refractivity (Wildman–Crippen MR) is 76.3 cm³/mol. The predicted octanol–water partition coefficient (Wildman–Crippen LogP) is 1.48. The van der Waals surface area contributed by atoms with Crippen LogP contribution in [0.3, 0.4) is 0 Å². The smallest absolute Gasteiger partial charge is 0.251 e. The Morgan fingerprint density at radius 3 is 2.00 bits per heavy atom. The Bertz CT molecular complexity index is 669. The Balaban J connectivity index is 2.56. The minimum atomic E-state index is -0.316. The summed E-state index contributed by atoms with van der Waals surface area (Å²) >= 11 is 0. The fourth-order valence-electron chi connectivity index (χ4n) is 1.89. The molecule has 1 heterocycles. The average molecular weight is 286 g/mol. The summed E-state index contributed by atoms with van der Waals surface area (Å²) in [5.74, 6) is -0.0433. The van der Waals surface area contributed by atoms with E-state index >= 15 is 0 Å².